The minimum atomic E-state index is 0.103. The van der Waals surface area contributed by atoms with Gasteiger partial charge in [-0.1, -0.05) is 38.3 Å². The minimum absolute atomic E-state index is 0.103. The lowest BCUT2D eigenvalue weighted by Gasteiger charge is -2.32. The van der Waals surface area contributed by atoms with Gasteiger partial charge in [0.2, 0.25) is 5.89 Å². The first-order valence-electron chi connectivity index (χ1n) is 9.56. The maximum absolute atomic E-state index is 12.4. The van der Waals surface area contributed by atoms with E-state index in [0.29, 0.717) is 12.0 Å². The third kappa shape index (κ3) is 4.08. The van der Waals surface area contributed by atoms with Crippen LogP contribution in [0.15, 0.2) is 4.52 Å². The van der Waals surface area contributed by atoms with Crippen LogP contribution in [0, 0.1) is 0 Å². The third-order valence-electron chi connectivity index (χ3n) is 5.57. The molecule has 134 valence electrons. The fourth-order valence-corrected chi connectivity index (χ4v) is 3.64. The molecule has 0 aromatic carbocycles. The molecule has 1 aromatic rings. The number of hydrogen-bond acceptors (Lipinski definition) is 4. The predicted molar refractivity (Wildman–Crippen MR) is 92.0 cm³/mol. The zero-order valence-corrected chi connectivity index (χ0v) is 15.0. The van der Waals surface area contributed by atoms with Crippen LogP contribution in [0.5, 0.6) is 0 Å². The van der Waals surface area contributed by atoms with Crippen molar-refractivity contribution in [1.29, 1.82) is 0 Å². The predicted octanol–water partition coefficient (Wildman–Crippen LogP) is 3.80. The van der Waals surface area contributed by atoms with E-state index in [9.17, 15) is 4.79 Å². The van der Waals surface area contributed by atoms with Crippen molar-refractivity contribution in [2.75, 3.05) is 13.1 Å². The Morgan fingerprint density at radius 1 is 1.25 bits per heavy atom. The van der Waals surface area contributed by atoms with Gasteiger partial charge in [-0.15, -0.1) is 0 Å². The van der Waals surface area contributed by atoms with Crippen molar-refractivity contribution >= 4 is 6.03 Å². The first-order valence-corrected chi connectivity index (χ1v) is 9.56. The normalized spacial score (nSPS) is 21.7. The van der Waals surface area contributed by atoms with Gasteiger partial charge < -0.3 is 14.7 Å². The summed E-state index contributed by atoms with van der Waals surface area (Å²) >= 11 is 0. The molecule has 6 heteroatoms. The standard InChI is InChI=1S/C18H30N4O2/c1-3-13(2)16-20-17(24-21-16)14-9-11-22(12-10-14)18(23)19-15-7-5-4-6-8-15/h13-15H,3-12H2,1-2H3,(H,19,23). The van der Waals surface area contributed by atoms with Gasteiger partial charge >= 0.3 is 6.03 Å². The number of piperidine rings is 1. The molecule has 2 amide bonds. The lowest BCUT2D eigenvalue weighted by atomic mass is 9.95. The molecule has 1 unspecified atom stereocenters. The van der Waals surface area contributed by atoms with E-state index in [0.717, 1.165) is 56.9 Å². The van der Waals surface area contributed by atoms with Crippen LogP contribution in [0.1, 0.15) is 88.8 Å². The highest BCUT2D eigenvalue weighted by atomic mass is 16.5. The molecule has 24 heavy (non-hydrogen) atoms. The SMILES string of the molecule is CCC(C)c1noc(C2CCN(C(=O)NC3CCCCC3)CC2)n1. The van der Waals surface area contributed by atoms with Crippen molar-refractivity contribution in [3.05, 3.63) is 11.7 Å². The molecule has 2 heterocycles. The molecule has 0 spiro atoms. The molecule has 1 N–H and O–H groups in total. The zero-order valence-electron chi connectivity index (χ0n) is 15.0. The first kappa shape index (κ1) is 17.2. The van der Waals surface area contributed by atoms with Crippen molar-refractivity contribution < 1.29 is 9.32 Å². The summed E-state index contributed by atoms with van der Waals surface area (Å²) in [7, 11) is 0. The second-order valence-corrected chi connectivity index (χ2v) is 7.35. The van der Waals surface area contributed by atoms with E-state index >= 15 is 0 Å². The Bertz CT molecular complexity index is 531. The highest BCUT2D eigenvalue weighted by Crippen LogP contribution is 2.28. The van der Waals surface area contributed by atoms with Crippen LogP contribution < -0.4 is 5.32 Å². The van der Waals surface area contributed by atoms with Crippen LogP contribution in [-0.2, 0) is 0 Å². The number of hydrogen-bond donors (Lipinski definition) is 1. The number of likely N-dealkylation sites (tertiary alicyclic amines) is 1. The number of urea groups is 1. The molecule has 1 aliphatic carbocycles. The van der Waals surface area contributed by atoms with Gasteiger partial charge in [-0.25, -0.2) is 4.79 Å². The average molecular weight is 334 g/mol. The number of nitrogens with one attached hydrogen (secondary N) is 1. The summed E-state index contributed by atoms with van der Waals surface area (Å²) in [5.74, 6) is 2.18. The number of carbonyl (C=O) groups is 1. The molecule has 1 aliphatic heterocycles. The maximum Gasteiger partial charge on any atom is 0.317 e. The van der Waals surface area contributed by atoms with Gasteiger partial charge in [0.15, 0.2) is 5.82 Å². The highest BCUT2D eigenvalue weighted by molar-refractivity contribution is 5.74. The van der Waals surface area contributed by atoms with Gasteiger partial charge in [0.25, 0.3) is 0 Å². The second-order valence-electron chi connectivity index (χ2n) is 7.35. The van der Waals surface area contributed by atoms with Gasteiger partial charge in [0, 0.05) is 31.0 Å². The number of nitrogens with zero attached hydrogens (tertiary/aromatic N) is 3. The van der Waals surface area contributed by atoms with E-state index in [1.54, 1.807) is 0 Å². The molecular formula is C18H30N4O2. The summed E-state index contributed by atoms with van der Waals surface area (Å²) in [4.78, 5) is 18.9. The van der Waals surface area contributed by atoms with Crippen molar-refractivity contribution in [3.63, 3.8) is 0 Å². The number of carbonyl (C=O) groups excluding carboxylic acids is 1. The topological polar surface area (TPSA) is 71.3 Å². The van der Waals surface area contributed by atoms with Crippen molar-refractivity contribution in [1.82, 2.24) is 20.4 Å². The summed E-state index contributed by atoms with van der Waals surface area (Å²) in [5.41, 5.74) is 0. The Morgan fingerprint density at radius 3 is 2.62 bits per heavy atom. The van der Waals surface area contributed by atoms with E-state index in [4.69, 9.17) is 4.52 Å². The molecule has 2 fully saturated rings. The van der Waals surface area contributed by atoms with Crippen molar-refractivity contribution in [2.24, 2.45) is 0 Å². The van der Waals surface area contributed by atoms with Crippen LogP contribution in [0.4, 0.5) is 4.79 Å². The van der Waals surface area contributed by atoms with E-state index in [1.807, 2.05) is 4.90 Å². The zero-order chi connectivity index (χ0) is 16.9. The molecule has 6 nitrogen and oxygen atoms in total. The summed E-state index contributed by atoms with van der Waals surface area (Å²) in [5, 5.41) is 7.32. The monoisotopic (exact) mass is 334 g/mol. The molecule has 0 radical (unpaired) electrons. The van der Waals surface area contributed by atoms with E-state index in [2.05, 4.69) is 29.3 Å². The van der Waals surface area contributed by atoms with Gasteiger partial charge in [-0.05, 0) is 32.1 Å². The average Bonchev–Trinajstić information content (AvgIpc) is 3.12. The molecule has 0 bridgehead atoms. The summed E-state index contributed by atoms with van der Waals surface area (Å²) in [6.07, 6.45) is 8.86. The molecular weight excluding hydrogens is 304 g/mol. The third-order valence-corrected chi connectivity index (χ3v) is 5.57. The first-order chi connectivity index (χ1) is 11.7. The number of amides is 2. The van der Waals surface area contributed by atoms with Crippen LogP contribution in [0.2, 0.25) is 0 Å². The molecule has 1 saturated heterocycles. The Hall–Kier alpha value is -1.59. The number of aromatic nitrogens is 2. The van der Waals surface area contributed by atoms with Gasteiger partial charge in [0.05, 0.1) is 0 Å². The molecule has 1 aromatic heterocycles. The van der Waals surface area contributed by atoms with Gasteiger partial charge in [0.1, 0.15) is 0 Å². The van der Waals surface area contributed by atoms with Crippen molar-refractivity contribution in [2.45, 2.75) is 83.1 Å². The largest absolute Gasteiger partial charge is 0.339 e. The van der Waals surface area contributed by atoms with Crippen LogP contribution in [-0.4, -0.2) is 40.2 Å². The molecule has 1 saturated carbocycles. The Balaban J connectivity index is 1.48. The molecule has 3 rings (SSSR count). The van der Waals surface area contributed by atoms with E-state index in [-0.39, 0.29) is 11.9 Å². The highest BCUT2D eigenvalue weighted by Gasteiger charge is 2.29. The maximum atomic E-state index is 12.4. The van der Waals surface area contributed by atoms with Gasteiger partial charge in [-0.3, -0.25) is 0 Å². The van der Waals surface area contributed by atoms with Gasteiger partial charge in [-0.2, -0.15) is 4.98 Å². The second kappa shape index (κ2) is 7.99. The van der Waals surface area contributed by atoms with Crippen LogP contribution >= 0.6 is 0 Å². The fraction of sp³-hybridized carbons (Fsp3) is 0.833. The Kier molecular flexibility index (Phi) is 5.74. The van der Waals surface area contributed by atoms with Crippen molar-refractivity contribution in [3.8, 4) is 0 Å². The molecule has 2 aliphatic rings. The Labute approximate surface area is 144 Å². The molecule has 1 atom stereocenters. The van der Waals surface area contributed by atoms with E-state index < -0.39 is 0 Å². The minimum Gasteiger partial charge on any atom is -0.339 e. The smallest absolute Gasteiger partial charge is 0.317 e. The Morgan fingerprint density at radius 2 is 1.96 bits per heavy atom. The lowest BCUT2D eigenvalue weighted by Crippen LogP contribution is -2.48. The van der Waals surface area contributed by atoms with Crippen LogP contribution in [0.25, 0.3) is 0 Å². The summed E-state index contributed by atoms with van der Waals surface area (Å²) in [6, 6.07) is 0.476. The fourth-order valence-electron chi connectivity index (χ4n) is 3.64. The summed E-state index contributed by atoms with van der Waals surface area (Å²) < 4.78 is 5.46. The summed E-state index contributed by atoms with van der Waals surface area (Å²) in [6.45, 7) is 5.78. The number of rotatable bonds is 4. The quantitative estimate of drug-likeness (QED) is 0.909. The lowest BCUT2D eigenvalue weighted by molar-refractivity contribution is 0.169. The van der Waals surface area contributed by atoms with E-state index in [1.165, 1.54) is 19.3 Å². The van der Waals surface area contributed by atoms with Crippen LogP contribution in [0.3, 0.4) is 0 Å².